The highest BCUT2D eigenvalue weighted by Crippen LogP contribution is 2.30. The minimum absolute atomic E-state index is 0.0486. The molecule has 0 aliphatic carbocycles. The Morgan fingerprint density at radius 3 is 1.18 bits per heavy atom. The molecule has 0 aromatic carbocycles. The molecule has 0 spiro atoms. The topological polar surface area (TPSA) is 78.3 Å². The fraction of sp³-hybridized carbons (Fsp3) is 0.733. The number of furan rings is 2. The van der Waals surface area contributed by atoms with Gasteiger partial charge in [-0.15, -0.1) is 0 Å². The highest BCUT2D eigenvalue weighted by Gasteiger charge is 2.16. The summed E-state index contributed by atoms with van der Waals surface area (Å²) in [7, 11) is 0. The molecule has 0 aliphatic rings. The van der Waals surface area contributed by atoms with Crippen LogP contribution in [0.3, 0.4) is 0 Å². The molecule has 0 saturated carbocycles. The van der Waals surface area contributed by atoms with E-state index in [0.29, 0.717) is 0 Å². The van der Waals surface area contributed by atoms with Gasteiger partial charge in [-0.25, -0.2) is 0 Å². The van der Waals surface area contributed by atoms with Crippen molar-refractivity contribution in [3.05, 3.63) is 35.8 Å². The Balaban J connectivity index is 1.65. The lowest BCUT2D eigenvalue weighted by molar-refractivity contribution is 0.417. The van der Waals surface area contributed by atoms with Crippen molar-refractivity contribution in [3.63, 3.8) is 0 Å². The van der Waals surface area contributed by atoms with Gasteiger partial charge in [-0.2, -0.15) is 0 Å². The third kappa shape index (κ3) is 11.3. The van der Waals surface area contributed by atoms with Crippen LogP contribution in [0.5, 0.6) is 0 Å². The zero-order valence-corrected chi connectivity index (χ0v) is 22.2. The molecule has 0 unspecified atom stereocenters. The van der Waals surface area contributed by atoms with Gasteiger partial charge in [0.1, 0.15) is 11.5 Å². The number of nitrogens with two attached hydrogens (primary N) is 2. The quantitative estimate of drug-likeness (QED) is 0.177. The van der Waals surface area contributed by atoms with Gasteiger partial charge in [0, 0.05) is 0 Å². The largest absolute Gasteiger partial charge is 0.456 e. The summed E-state index contributed by atoms with van der Waals surface area (Å²) in [6, 6.07) is 7.83. The maximum absolute atomic E-state index is 6.39. The summed E-state index contributed by atoms with van der Waals surface area (Å²) >= 11 is 0. The van der Waals surface area contributed by atoms with Gasteiger partial charge in [-0.3, -0.25) is 0 Å². The Morgan fingerprint density at radius 2 is 0.824 bits per heavy atom. The van der Waals surface area contributed by atoms with Crippen LogP contribution in [-0.2, 0) is 0 Å². The fourth-order valence-electron chi connectivity index (χ4n) is 4.65. The number of hydrogen-bond acceptors (Lipinski definition) is 4. The van der Waals surface area contributed by atoms with Crippen LogP contribution >= 0.6 is 0 Å². The van der Waals surface area contributed by atoms with E-state index >= 15 is 0 Å². The molecule has 2 aromatic heterocycles. The number of unbranched alkanes of at least 4 members (excludes halogenated alkanes) is 14. The maximum Gasteiger partial charge on any atom is 0.169 e. The molecule has 4 heteroatoms. The molecule has 0 saturated heterocycles. The first-order valence-electron chi connectivity index (χ1n) is 14.4. The molecule has 0 amide bonds. The molecule has 2 aromatic rings. The van der Waals surface area contributed by atoms with Crippen LogP contribution in [0, 0.1) is 0 Å². The summed E-state index contributed by atoms with van der Waals surface area (Å²) in [6.07, 6.45) is 22.9. The molecule has 0 fully saturated rings. The Hall–Kier alpha value is -1.52. The predicted octanol–water partition coefficient (Wildman–Crippen LogP) is 9.60. The van der Waals surface area contributed by atoms with E-state index in [9.17, 15) is 0 Å². The summed E-state index contributed by atoms with van der Waals surface area (Å²) in [5.74, 6) is 3.18. The number of hydrogen-bond donors (Lipinski definition) is 2. The third-order valence-electron chi connectivity index (χ3n) is 6.96. The zero-order valence-electron chi connectivity index (χ0n) is 22.2. The van der Waals surface area contributed by atoms with E-state index in [4.69, 9.17) is 20.3 Å². The molecule has 4 N–H and O–H groups in total. The van der Waals surface area contributed by atoms with E-state index in [1.807, 2.05) is 24.3 Å². The SMILES string of the molecule is CCCCCCCCCC[C@@H](N)c1ccc(-c2ccc([C@@H](N)CCCCCCCCCC)o2)o1. The molecule has 2 atom stereocenters. The first-order chi connectivity index (χ1) is 16.7. The van der Waals surface area contributed by atoms with Crippen molar-refractivity contribution in [1.29, 1.82) is 0 Å². The van der Waals surface area contributed by atoms with Gasteiger partial charge in [0.2, 0.25) is 0 Å². The number of rotatable bonds is 21. The second-order valence-electron chi connectivity index (χ2n) is 10.1. The summed E-state index contributed by atoms with van der Waals surface area (Å²) < 4.78 is 12.1. The van der Waals surface area contributed by atoms with E-state index in [1.165, 1.54) is 89.9 Å². The monoisotopic (exact) mass is 472 g/mol. The van der Waals surface area contributed by atoms with Gasteiger partial charge < -0.3 is 20.3 Å². The maximum atomic E-state index is 6.39. The lowest BCUT2D eigenvalue weighted by Crippen LogP contribution is -2.09. The smallest absolute Gasteiger partial charge is 0.169 e. The lowest BCUT2D eigenvalue weighted by atomic mass is 10.0. The van der Waals surface area contributed by atoms with Crippen molar-refractivity contribution in [2.24, 2.45) is 11.5 Å². The average molecular weight is 473 g/mol. The minimum atomic E-state index is -0.0486. The Morgan fingerprint density at radius 1 is 0.500 bits per heavy atom. The Bertz CT molecular complexity index is 674. The molecular formula is C30H52N2O2. The van der Waals surface area contributed by atoms with Crippen LogP contribution in [0.25, 0.3) is 11.5 Å². The van der Waals surface area contributed by atoms with Crippen molar-refractivity contribution >= 4 is 0 Å². The first kappa shape index (κ1) is 28.7. The summed E-state index contributed by atoms with van der Waals surface area (Å²) in [5, 5.41) is 0. The van der Waals surface area contributed by atoms with E-state index < -0.39 is 0 Å². The highest BCUT2D eigenvalue weighted by molar-refractivity contribution is 5.50. The van der Waals surface area contributed by atoms with Gasteiger partial charge in [0.15, 0.2) is 11.5 Å². The van der Waals surface area contributed by atoms with Crippen LogP contribution in [0.1, 0.15) is 153 Å². The molecule has 0 radical (unpaired) electrons. The minimum Gasteiger partial charge on any atom is -0.456 e. The predicted molar refractivity (Wildman–Crippen MR) is 145 cm³/mol. The highest BCUT2D eigenvalue weighted by atomic mass is 16.4. The molecular weight excluding hydrogens is 420 g/mol. The van der Waals surface area contributed by atoms with Crippen LogP contribution in [0.15, 0.2) is 33.1 Å². The molecule has 4 nitrogen and oxygen atoms in total. The van der Waals surface area contributed by atoms with Crippen LogP contribution in [0.2, 0.25) is 0 Å². The Labute approximate surface area is 209 Å². The Kier molecular flexibility index (Phi) is 15.1. The van der Waals surface area contributed by atoms with Crippen LogP contribution in [0.4, 0.5) is 0 Å². The zero-order chi connectivity index (χ0) is 24.4. The average Bonchev–Trinajstić information content (AvgIpc) is 3.52. The normalized spacial score (nSPS) is 13.4. The fourth-order valence-corrected chi connectivity index (χ4v) is 4.65. The second kappa shape index (κ2) is 17.8. The molecule has 194 valence electrons. The van der Waals surface area contributed by atoms with Gasteiger partial charge >= 0.3 is 0 Å². The van der Waals surface area contributed by atoms with Crippen molar-refractivity contribution in [2.45, 2.75) is 142 Å². The van der Waals surface area contributed by atoms with Gasteiger partial charge in [-0.1, -0.05) is 117 Å². The van der Waals surface area contributed by atoms with Crippen LogP contribution in [-0.4, -0.2) is 0 Å². The van der Waals surface area contributed by atoms with E-state index in [2.05, 4.69) is 13.8 Å². The van der Waals surface area contributed by atoms with E-state index in [-0.39, 0.29) is 12.1 Å². The van der Waals surface area contributed by atoms with Crippen molar-refractivity contribution in [2.75, 3.05) is 0 Å². The first-order valence-corrected chi connectivity index (χ1v) is 14.4. The standard InChI is InChI=1S/C30H52N2O2/c1-3-5-7-9-11-13-15-17-19-25(31)27-21-23-29(33-27)30-24-22-28(34-30)26(32)20-18-16-14-12-10-8-6-4-2/h21-26H,3-20,31-32H2,1-2H3/t25-,26+. The second-order valence-corrected chi connectivity index (χ2v) is 10.1. The van der Waals surface area contributed by atoms with Gasteiger partial charge in [0.25, 0.3) is 0 Å². The summed E-state index contributed by atoms with van der Waals surface area (Å²) in [4.78, 5) is 0. The molecule has 0 aliphatic heterocycles. The lowest BCUT2D eigenvalue weighted by Gasteiger charge is -2.09. The molecule has 2 rings (SSSR count). The molecule has 0 bridgehead atoms. The van der Waals surface area contributed by atoms with E-state index in [1.54, 1.807) is 0 Å². The molecule has 34 heavy (non-hydrogen) atoms. The molecule has 2 heterocycles. The van der Waals surface area contributed by atoms with E-state index in [0.717, 1.165) is 48.7 Å². The summed E-state index contributed by atoms with van der Waals surface area (Å²) in [6.45, 7) is 4.53. The van der Waals surface area contributed by atoms with Gasteiger partial charge in [-0.05, 0) is 37.1 Å². The summed E-state index contributed by atoms with van der Waals surface area (Å²) in [5.41, 5.74) is 12.8. The van der Waals surface area contributed by atoms with Crippen LogP contribution < -0.4 is 11.5 Å². The van der Waals surface area contributed by atoms with Crippen molar-refractivity contribution < 1.29 is 8.83 Å². The van der Waals surface area contributed by atoms with Gasteiger partial charge in [0.05, 0.1) is 12.1 Å². The van der Waals surface area contributed by atoms with Crippen molar-refractivity contribution in [3.8, 4) is 11.5 Å². The van der Waals surface area contributed by atoms with Crippen molar-refractivity contribution in [1.82, 2.24) is 0 Å². The third-order valence-corrected chi connectivity index (χ3v) is 6.96.